The van der Waals surface area contributed by atoms with Crippen LogP contribution in [0.4, 0.5) is 11.4 Å². The Morgan fingerprint density at radius 3 is 1.42 bits per heavy atom. The van der Waals surface area contributed by atoms with E-state index in [-0.39, 0.29) is 13.1 Å². The van der Waals surface area contributed by atoms with Crippen molar-refractivity contribution in [3.05, 3.63) is 108 Å². The van der Waals surface area contributed by atoms with Gasteiger partial charge >= 0.3 is 33.3 Å². The summed E-state index contributed by atoms with van der Waals surface area (Å²) in [5, 5.41) is 4.84. The molecular formula is C27H21Cl2FeN3. The first-order valence-electron chi connectivity index (χ1n) is 10.2. The van der Waals surface area contributed by atoms with Crippen LogP contribution >= 0.6 is 20.2 Å². The Hall–Kier alpha value is -2.88. The van der Waals surface area contributed by atoms with Crippen molar-refractivity contribution in [2.75, 3.05) is 0 Å². The van der Waals surface area contributed by atoms with Gasteiger partial charge in [-0.3, -0.25) is 9.98 Å². The van der Waals surface area contributed by atoms with E-state index in [0.717, 1.165) is 22.8 Å². The number of aromatic nitrogens is 1. The topological polar surface area (TPSA) is 29.6 Å². The summed E-state index contributed by atoms with van der Waals surface area (Å²) in [7, 11) is 11.6. The third kappa shape index (κ3) is 5.93. The molecule has 5 rings (SSSR count). The van der Waals surface area contributed by atoms with Gasteiger partial charge in [-0.05, 0) is 57.9 Å². The quantitative estimate of drug-likeness (QED) is 0.171. The second-order valence-corrected chi connectivity index (χ2v) is 9.20. The van der Waals surface area contributed by atoms with Gasteiger partial charge in [-0.2, -0.15) is 0 Å². The van der Waals surface area contributed by atoms with E-state index in [1.54, 1.807) is 0 Å². The molecule has 4 aromatic carbocycles. The number of fused-ring (bicyclic) bond motifs is 2. The van der Waals surface area contributed by atoms with Crippen LogP contribution in [-0.4, -0.2) is 17.0 Å². The van der Waals surface area contributed by atoms with E-state index in [2.05, 4.69) is 87.3 Å². The van der Waals surface area contributed by atoms with Crippen LogP contribution < -0.4 is 0 Å². The Kier molecular flexibility index (Phi) is 7.98. The second-order valence-electron chi connectivity index (χ2n) is 7.37. The number of rotatable bonds is 4. The molecule has 0 spiro atoms. The predicted molar refractivity (Wildman–Crippen MR) is 140 cm³/mol. The molecule has 1 heterocycles. The van der Waals surface area contributed by atoms with E-state index in [1.807, 2.05) is 43.7 Å². The molecule has 0 radical (unpaired) electrons. The van der Waals surface area contributed by atoms with Gasteiger partial charge in [0.05, 0.1) is 35.2 Å². The van der Waals surface area contributed by atoms with Crippen molar-refractivity contribution < 1.29 is 13.1 Å². The van der Waals surface area contributed by atoms with E-state index in [0.29, 0.717) is 0 Å². The molecule has 3 nitrogen and oxygen atoms in total. The third-order valence-corrected chi connectivity index (χ3v) is 5.36. The van der Waals surface area contributed by atoms with Gasteiger partial charge in [-0.15, -0.1) is 0 Å². The van der Waals surface area contributed by atoms with Crippen LogP contribution in [0.25, 0.3) is 21.5 Å². The fourth-order valence-corrected chi connectivity index (χ4v) is 3.60. The molecule has 0 aliphatic heterocycles. The van der Waals surface area contributed by atoms with Crippen molar-refractivity contribution in [1.82, 2.24) is 4.57 Å². The maximum atomic E-state index is 4.76. The molecule has 0 fully saturated rings. The van der Waals surface area contributed by atoms with Gasteiger partial charge in [0.25, 0.3) is 0 Å². The van der Waals surface area contributed by atoms with Crippen LogP contribution in [0.5, 0.6) is 0 Å². The van der Waals surface area contributed by atoms with E-state index < -0.39 is 0 Å². The Balaban J connectivity index is 0.000000821. The Morgan fingerprint density at radius 1 is 0.606 bits per heavy atom. The zero-order chi connectivity index (χ0) is 23.0. The van der Waals surface area contributed by atoms with Crippen LogP contribution in [0.3, 0.4) is 0 Å². The first kappa shape index (κ1) is 23.3. The molecule has 0 aliphatic carbocycles. The average molecular weight is 514 g/mol. The standard InChI is InChI=1S/C27H21N3.2ClH.Fe/c1-30-26(18-28-24-12-10-20-6-2-4-8-22(20)16-24)14-15-27(30)19-29-25-13-11-21-7-3-5-9-23(21)17-25;;;/h2-19H,1H3;2*1H;/q;;;+2/p-2. The SMILES string of the molecule is Cn1c(C=Nc2ccc3ccccc3c2)ccc1C=Nc1ccc2ccccc2c1.[Cl][Fe][Cl]. The van der Waals surface area contributed by atoms with Crippen molar-refractivity contribution >= 4 is 65.5 Å². The average Bonchev–Trinajstić information content (AvgIpc) is 3.20. The van der Waals surface area contributed by atoms with Gasteiger partial charge < -0.3 is 4.57 Å². The Bertz CT molecular complexity index is 1330. The van der Waals surface area contributed by atoms with E-state index in [1.165, 1.54) is 21.5 Å². The predicted octanol–water partition coefficient (Wildman–Crippen LogP) is 8.21. The minimum absolute atomic E-state index is 0.194. The second kappa shape index (κ2) is 11.3. The van der Waals surface area contributed by atoms with Gasteiger partial charge in [-0.1, -0.05) is 60.7 Å². The summed E-state index contributed by atoms with van der Waals surface area (Å²) in [4.78, 5) is 9.33. The molecule has 166 valence electrons. The summed E-state index contributed by atoms with van der Waals surface area (Å²) in [6.45, 7) is 0. The summed E-state index contributed by atoms with van der Waals surface area (Å²) >= 11 is 0.194. The summed E-state index contributed by atoms with van der Waals surface area (Å²) < 4.78 is 2.09. The zero-order valence-electron chi connectivity index (χ0n) is 17.8. The van der Waals surface area contributed by atoms with Crippen LogP contribution in [-0.2, 0) is 20.2 Å². The van der Waals surface area contributed by atoms with Crippen molar-refractivity contribution in [2.24, 2.45) is 17.0 Å². The van der Waals surface area contributed by atoms with Gasteiger partial charge in [-0.25, -0.2) is 0 Å². The van der Waals surface area contributed by atoms with E-state index in [9.17, 15) is 0 Å². The van der Waals surface area contributed by atoms with Gasteiger partial charge in [0.1, 0.15) is 0 Å². The molecule has 0 bridgehead atoms. The first-order chi connectivity index (χ1) is 16.2. The molecule has 0 atom stereocenters. The Morgan fingerprint density at radius 2 is 1.00 bits per heavy atom. The molecule has 0 aliphatic rings. The minimum atomic E-state index is 0.194. The monoisotopic (exact) mass is 513 g/mol. The summed E-state index contributed by atoms with van der Waals surface area (Å²) in [6.07, 6.45) is 3.80. The number of hydrogen-bond donors (Lipinski definition) is 0. The van der Waals surface area contributed by atoms with Gasteiger partial charge in [0.15, 0.2) is 0 Å². The Labute approximate surface area is 208 Å². The van der Waals surface area contributed by atoms with Crippen molar-refractivity contribution in [1.29, 1.82) is 0 Å². The van der Waals surface area contributed by atoms with E-state index in [4.69, 9.17) is 20.2 Å². The van der Waals surface area contributed by atoms with Crippen LogP contribution in [0, 0.1) is 0 Å². The number of halogens is 2. The molecule has 5 aromatic rings. The molecule has 0 saturated heterocycles. The third-order valence-electron chi connectivity index (χ3n) is 5.36. The summed E-state index contributed by atoms with van der Waals surface area (Å²) in [6, 6.07) is 33.3. The van der Waals surface area contributed by atoms with Crippen LogP contribution in [0.15, 0.2) is 107 Å². The van der Waals surface area contributed by atoms with Crippen molar-refractivity contribution in [2.45, 2.75) is 0 Å². The van der Waals surface area contributed by atoms with E-state index >= 15 is 0 Å². The first-order valence-corrected chi connectivity index (χ1v) is 13.3. The molecule has 0 saturated carbocycles. The fraction of sp³-hybridized carbons (Fsp3) is 0.0370. The number of nitrogens with zero attached hydrogens (tertiary/aromatic N) is 3. The summed E-state index contributed by atoms with van der Waals surface area (Å²) in [5.41, 5.74) is 3.95. The molecular weight excluding hydrogens is 493 g/mol. The maximum absolute atomic E-state index is 4.76. The molecule has 1 aromatic heterocycles. The molecule has 0 unspecified atom stereocenters. The van der Waals surface area contributed by atoms with Crippen LogP contribution in [0.1, 0.15) is 11.4 Å². The van der Waals surface area contributed by atoms with Crippen molar-refractivity contribution in [3.8, 4) is 0 Å². The van der Waals surface area contributed by atoms with Gasteiger partial charge in [0.2, 0.25) is 0 Å². The van der Waals surface area contributed by atoms with Gasteiger partial charge in [0, 0.05) is 7.05 Å². The molecule has 6 heteroatoms. The van der Waals surface area contributed by atoms with Crippen molar-refractivity contribution in [3.63, 3.8) is 0 Å². The normalized spacial score (nSPS) is 11.5. The molecule has 0 N–H and O–H groups in total. The fourth-order valence-electron chi connectivity index (χ4n) is 3.60. The number of aliphatic imine (C=N–C) groups is 2. The zero-order valence-corrected chi connectivity index (χ0v) is 20.5. The van der Waals surface area contributed by atoms with Crippen LogP contribution in [0.2, 0.25) is 0 Å². The summed E-state index contributed by atoms with van der Waals surface area (Å²) in [5.74, 6) is 0. The number of hydrogen-bond acceptors (Lipinski definition) is 2. The molecule has 33 heavy (non-hydrogen) atoms. The molecule has 0 amide bonds. The number of benzene rings is 4.